The van der Waals surface area contributed by atoms with Crippen molar-refractivity contribution >= 4 is 17.4 Å². The van der Waals surface area contributed by atoms with Crippen LogP contribution in [0.15, 0.2) is 17.0 Å². The minimum atomic E-state index is -0.650. The van der Waals surface area contributed by atoms with Gasteiger partial charge in [0.15, 0.2) is 0 Å². The average Bonchev–Trinajstić information content (AvgIpc) is 2.15. The zero-order chi connectivity index (χ0) is 11.4. The minimum Gasteiger partial charge on any atom is -0.399 e. The number of rotatable bonds is 4. The van der Waals surface area contributed by atoms with E-state index in [1.807, 2.05) is 0 Å². The van der Waals surface area contributed by atoms with E-state index in [4.69, 9.17) is 10.8 Å². The molecule has 0 aliphatic rings. The number of nitrogens with two attached hydrogens (primary N) is 1. The lowest BCUT2D eigenvalue weighted by atomic mass is 10.2. The highest BCUT2D eigenvalue weighted by Crippen LogP contribution is 2.28. The van der Waals surface area contributed by atoms with Gasteiger partial charge in [-0.2, -0.15) is 0 Å². The Kier molecular flexibility index (Phi) is 4.35. The number of anilines is 1. The molecule has 1 rings (SSSR count). The first kappa shape index (κ1) is 12.3. The predicted molar refractivity (Wildman–Crippen MR) is 57.7 cm³/mol. The summed E-state index contributed by atoms with van der Waals surface area (Å²) < 4.78 is 26.5. The molecule has 1 atom stereocenters. The highest BCUT2D eigenvalue weighted by Gasteiger charge is 2.12. The van der Waals surface area contributed by atoms with Crippen LogP contribution in [-0.2, 0) is 0 Å². The highest BCUT2D eigenvalue weighted by atomic mass is 32.2. The third kappa shape index (κ3) is 3.35. The molecule has 0 radical (unpaired) electrons. The molecule has 0 aliphatic heterocycles. The number of hydrogen-bond acceptors (Lipinski definition) is 3. The van der Waals surface area contributed by atoms with Crippen LogP contribution < -0.4 is 5.73 Å². The number of nitrogen functional groups attached to an aromatic ring is 1. The molecule has 0 heterocycles. The molecule has 0 spiro atoms. The SMILES string of the molecule is CC(CO)CSc1c(F)cc(N)cc1F. The van der Waals surface area contributed by atoms with Gasteiger partial charge in [-0.05, 0) is 18.1 Å². The fourth-order valence-electron chi connectivity index (χ4n) is 0.996. The molecule has 0 bridgehead atoms. The van der Waals surface area contributed by atoms with Gasteiger partial charge in [-0.15, -0.1) is 11.8 Å². The maximum Gasteiger partial charge on any atom is 0.141 e. The fraction of sp³-hybridized carbons (Fsp3) is 0.400. The maximum atomic E-state index is 13.3. The van der Waals surface area contributed by atoms with Crippen molar-refractivity contribution in [2.75, 3.05) is 18.1 Å². The Balaban J connectivity index is 2.77. The lowest BCUT2D eigenvalue weighted by molar-refractivity contribution is 0.250. The van der Waals surface area contributed by atoms with E-state index in [1.165, 1.54) is 0 Å². The Morgan fingerprint density at radius 1 is 1.40 bits per heavy atom. The van der Waals surface area contributed by atoms with Crippen LogP contribution in [0.5, 0.6) is 0 Å². The van der Waals surface area contributed by atoms with Gasteiger partial charge in [0, 0.05) is 18.0 Å². The molecule has 0 fully saturated rings. The van der Waals surface area contributed by atoms with Gasteiger partial charge in [0.2, 0.25) is 0 Å². The van der Waals surface area contributed by atoms with Gasteiger partial charge < -0.3 is 10.8 Å². The quantitative estimate of drug-likeness (QED) is 0.619. The Labute approximate surface area is 91.5 Å². The summed E-state index contributed by atoms with van der Waals surface area (Å²) in [7, 11) is 0. The molecule has 84 valence electrons. The normalized spacial score (nSPS) is 12.8. The van der Waals surface area contributed by atoms with E-state index in [9.17, 15) is 8.78 Å². The molecule has 0 saturated heterocycles. The summed E-state index contributed by atoms with van der Waals surface area (Å²) in [4.78, 5) is -0.0375. The summed E-state index contributed by atoms with van der Waals surface area (Å²) in [5, 5.41) is 8.77. The molecule has 2 nitrogen and oxygen atoms in total. The van der Waals surface area contributed by atoms with Crippen molar-refractivity contribution in [3.05, 3.63) is 23.8 Å². The number of aliphatic hydroxyl groups excluding tert-OH is 1. The minimum absolute atomic E-state index is 0.00517. The van der Waals surface area contributed by atoms with Crippen molar-refractivity contribution in [3.8, 4) is 0 Å². The van der Waals surface area contributed by atoms with Gasteiger partial charge in [-0.25, -0.2) is 8.78 Å². The summed E-state index contributed by atoms with van der Waals surface area (Å²) in [6, 6.07) is 2.18. The van der Waals surface area contributed by atoms with Crippen molar-refractivity contribution in [3.63, 3.8) is 0 Å². The van der Waals surface area contributed by atoms with E-state index in [0.717, 1.165) is 23.9 Å². The van der Waals surface area contributed by atoms with Gasteiger partial charge in [0.25, 0.3) is 0 Å². The Hall–Kier alpha value is -0.810. The van der Waals surface area contributed by atoms with Gasteiger partial charge in [0.05, 0.1) is 4.90 Å². The van der Waals surface area contributed by atoms with Gasteiger partial charge in [-0.1, -0.05) is 6.92 Å². The molecular formula is C10H13F2NOS. The highest BCUT2D eigenvalue weighted by molar-refractivity contribution is 7.99. The van der Waals surface area contributed by atoms with Crippen LogP contribution in [0.4, 0.5) is 14.5 Å². The summed E-state index contributed by atoms with van der Waals surface area (Å²) in [5.41, 5.74) is 5.35. The number of halogens is 2. The topological polar surface area (TPSA) is 46.2 Å². The van der Waals surface area contributed by atoms with Crippen molar-refractivity contribution in [1.82, 2.24) is 0 Å². The van der Waals surface area contributed by atoms with E-state index in [-0.39, 0.29) is 23.1 Å². The van der Waals surface area contributed by atoms with Crippen molar-refractivity contribution in [1.29, 1.82) is 0 Å². The monoisotopic (exact) mass is 233 g/mol. The van der Waals surface area contributed by atoms with Crippen LogP contribution >= 0.6 is 11.8 Å². The third-order valence-electron chi connectivity index (χ3n) is 1.84. The van der Waals surface area contributed by atoms with Crippen LogP contribution in [-0.4, -0.2) is 17.5 Å². The first-order valence-corrected chi connectivity index (χ1v) is 5.51. The second-order valence-corrected chi connectivity index (χ2v) is 4.44. The van der Waals surface area contributed by atoms with E-state index in [1.54, 1.807) is 6.92 Å². The molecule has 1 aromatic carbocycles. The number of benzene rings is 1. The maximum absolute atomic E-state index is 13.3. The van der Waals surface area contributed by atoms with Crippen LogP contribution in [0.1, 0.15) is 6.92 Å². The molecule has 3 N–H and O–H groups in total. The molecule has 0 amide bonds. The summed E-state index contributed by atoms with van der Waals surface area (Å²) in [6.45, 7) is 1.81. The number of thioether (sulfide) groups is 1. The molecule has 0 aliphatic carbocycles. The van der Waals surface area contributed by atoms with Crippen LogP contribution in [0.3, 0.4) is 0 Å². The van der Waals surface area contributed by atoms with Gasteiger partial charge in [-0.3, -0.25) is 0 Å². The van der Waals surface area contributed by atoms with E-state index in [2.05, 4.69) is 0 Å². The third-order valence-corrected chi connectivity index (χ3v) is 3.26. The van der Waals surface area contributed by atoms with Crippen LogP contribution in [0.2, 0.25) is 0 Å². The summed E-state index contributed by atoms with van der Waals surface area (Å²) >= 11 is 1.05. The number of aliphatic hydroxyl groups is 1. The summed E-state index contributed by atoms with van der Waals surface area (Å²) in [5.74, 6) is -0.828. The Morgan fingerprint density at radius 2 is 1.93 bits per heavy atom. The lowest BCUT2D eigenvalue weighted by Gasteiger charge is -2.09. The zero-order valence-corrected chi connectivity index (χ0v) is 9.15. The Morgan fingerprint density at radius 3 is 2.40 bits per heavy atom. The second kappa shape index (κ2) is 5.32. The van der Waals surface area contributed by atoms with E-state index in [0.29, 0.717) is 5.75 Å². The molecular weight excluding hydrogens is 220 g/mol. The lowest BCUT2D eigenvalue weighted by Crippen LogP contribution is -2.04. The van der Waals surface area contributed by atoms with Gasteiger partial charge >= 0.3 is 0 Å². The largest absolute Gasteiger partial charge is 0.399 e. The molecule has 1 unspecified atom stereocenters. The van der Waals surface area contributed by atoms with Crippen LogP contribution in [0.25, 0.3) is 0 Å². The first-order chi connectivity index (χ1) is 7.04. The smallest absolute Gasteiger partial charge is 0.141 e. The van der Waals surface area contributed by atoms with Crippen molar-refractivity contribution in [2.24, 2.45) is 5.92 Å². The molecule has 0 saturated carbocycles. The van der Waals surface area contributed by atoms with E-state index >= 15 is 0 Å². The summed E-state index contributed by atoms with van der Waals surface area (Å²) in [6.07, 6.45) is 0. The van der Waals surface area contributed by atoms with Crippen molar-refractivity contribution < 1.29 is 13.9 Å². The average molecular weight is 233 g/mol. The second-order valence-electron chi connectivity index (χ2n) is 3.41. The number of hydrogen-bond donors (Lipinski definition) is 2. The fourth-order valence-corrected chi connectivity index (χ4v) is 1.95. The Bertz CT molecular complexity index is 323. The van der Waals surface area contributed by atoms with Gasteiger partial charge in [0.1, 0.15) is 11.6 Å². The van der Waals surface area contributed by atoms with Crippen LogP contribution in [0, 0.1) is 17.6 Å². The molecule has 5 heteroatoms. The first-order valence-electron chi connectivity index (χ1n) is 4.52. The van der Waals surface area contributed by atoms with Crippen molar-refractivity contribution in [2.45, 2.75) is 11.8 Å². The molecule has 15 heavy (non-hydrogen) atoms. The van der Waals surface area contributed by atoms with E-state index < -0.39 is 11.6 Å². The molecule has 0 aromatic heterocycles. The zero-order valence-electron chi connectivity index (χ0n) is 8.34. The standard InChI is InChI=1S/C10H13F2NOS/c1-6(4-14)5-15-10-8(11)2-7(13)3-9(10)12/h2-3,6,14H,4-5,13H2,1H3. The predicted octanol–water partition coefficient (Wildman–Crippen LogP) is 2.27. The molecule has 1 aromatic rings.